The zero-order valence-electron chi connectivity index (χ0n) is 15.5. The first-order valence-electron chi connectivity index (χ1n) is 8.82. The molecule has 1 aliphatic rings. The molecule has 6 heteroatoms. The molecule has 25 heavy (non-hydrogen) atoms. The highest BCUT2D eigenvalue weighted by atomic mass is 35.5. The summed E-state index contributed by atoms with van der Waals surface area (Å²) in [5.41, 5.74) is 1.17. The SMILES string of the molecule is CCOC(=O)C1CC[C@H](Cc2ccc(Cl)cc2)N([S+]([O-])C(C)(C)C)C1. The van der Waals surface area contributed by atoms with E-state index in [-0.39, 0.29) is 22.7 Å². The molecule has 0 N–H and O–H groups in total. The lowest BCUT2D eigenvalue weighted by Gasteiger charge is -2.41. The van der Waals surface area contributed by atoms with Gasteiger partial charge in [0, 0.05) is 16.4 Å². The molecular formula is C19H28ClNO3S. The summed E-state index contributed by atoms with van der Waals surface area (Å²) >= 11 is 4.79. The molecule has 3 atom stereocenters. The van der Waals surface area contributed by atoms with Crippen LogP contribution in [0.25, 0.3) is 0 Å². The van der Waals surface area contributed by atoms with E-state index in [0.29, 0.717) is 18.2 Å². The van der Waals surface area contributed by atoms with Crippen molar-refractivity contribution in [3.63, 3.8) is 0 Å². The van der Waals surface area contributed by atoms with Gasteiger partial charge < -0.3 is 9.29 Å². The van der Waals surface area contributed by atoms with Crippen LogP contribution in [0.3, 0.4) is 0 Å². The normalized spacial score (nSPS) is 23.3. The summed E-state index contributed by atoms with van der Waals surface area (Å²) < 4.78 is 19.9. The predicted molar refractivity (Wildman–Crippen MR) is 103 cm³/mol. The van der Waals surface area contributed by atoms with Gasteiger partial charge >= 0.3 is 5.97 Å². The van der Waals surface area contributed by atoms with Gasteiger partial charge in [-0.3, -0.25) is 4.79 Å². The van der Waals surface area contributed by atoms with Crippen LogP contribution in [0.4, 0.5) is 0 Å². The molecule has 1 aromatic carbocycles. The zero-order valence-corrected chi connectivity index (χ0v) is 17.0. The van der Waals surface area contributed by atoms with Crippen LogP contribution in [0.15, 0.2) is 24.3 Å². The van der Waals surface area contributed by atoms with Crippen LogP contribution in [0.2, 0.25) is 5.02 Å². The quantitative estimate of drug-likeness (QED) is 0.568. The van der Waals surface area contributed by atoms with E-state index in [1.807, 2.05) is 56.3 Å². The highest BCUT2D eigenvalue weighted by molar-refractivity contribution is 7.90. The van der Waals surface area contributed by atoms with Gasteiger partial charge in [-0.05, 0) is 64.7 Å². The second kappa shape index (κ2) is 8.76. The maximum absolute atomic E-state index is 13.1. The highest BCUT2D eigenvalue weighted by Crippen LogP contribution is 2.32. The Morgan fingerprint density at radius 3 is 2.52 bits per heavy atom. The minimum Gasteiger partial charge on any atom is -0.597 e. The van der Waals surface area contributed by atoms with Crippen molar-refractivity contribution in [2.24, 2.45) is 5.92 Å². The summed E-state index contributed by atoms with van der Waals surface area (Å²) in [7, 11) is 0. The van der Waals surface area contributed by atoms with Gasteiger partial charge in [-0.1, -0.05) is 23.7 Å². The maximum Gasteiger partial charge on any atom is 0.310 e. The third-order valence-corrected chi connectivity index (χ3v) is 6.57. The van der Waals surface area contributed by atoms with Crippen molar-refractivity contribution in [3.05, 3.63) is 34.9 Å². The standard InChI is InChI=1S/C19H28ClNO3S/c1-5-24-18(22)15-8-11-17(12-14-6-9-16(20)10-7-14)21(13-15)25(23)19(2,3)4/h6-7,9-10,15,17H,5,8,11-13H2,1-4H3/t15?,17-,25?/m1/s1. The van der Waals surface area contributed by atoms with Crippen molar-refractivity contribution < 1.29 is 14.1 Å². The lowest BCUT2D eigenvalue weighted by atomic mass is 9.91. The molecule has 140 valence electrons. The van der Waals surface area contributed by atoms with Gasteiger partial charge in [-0.25, -0.2) is 0 Å². The second-order valence-electron chi connectivity index (χ2n) is 7.47. The molecule has 0 amide bonds. The molecule has 1 aliphatic heterocycles. The number of carbonyl (C=O) groups excluding carboxylic acids is 1. The van der Waals surface area contributed by atoms with E-state index in [0.717, 1.165) is 19.3 Å². The van der Waals surface area contributed by atoms with Crippen molar-refractivity contribution in [1.29, 1.82) is 0 Å². The Bertz CT molecular complexity index is 573. The first kappa shape index (κ1) is 20.6. The number of piperidine rings is 1. The lowest BCUT2D eigenvalue weighted by molar-refractivity contribution is -0.149. The van der Waals surface area contributed by atoms with Crippen LogP contribution >= 0.6 is 11.6 Å². The lowest BCUT2D eigenvalue weighted by Crippen LogP contribution is -2.54. The first-order valence-corrected chi connectivity index (χ1v) is 10.3. The Balaban J connectivity index is 2.16. The number of esters is 1. The van der Waals surface area contributed by atoms with E-state index in [4.69, 9.17) is 16.3 Å². The number of halogens is 1. The molecule has 0 bridgehead atoms. The zero-order chi connectivity index (χ0) is 18.6. The van der Waals surface area contributed by atoms with Gasteiger partial charge in [0.15, 0.2) is 0 Å². The topological polar surface area (TPSA) is 52.6 Å². The Morgan fingerprint density at radius 2 is 1.96 bits per heavy atom. The molecule has 0 radical (unpaired) electrons. The molecule has 1 heterocycles. The number of carbonyl (C=O) groups is 1. The van der Waals surface area contributed by atoms with Crippen LogP contribution in [0.5, 0.6) is 0 Å². The van der Waals surface area contributed by atoms with Crippen molar-refractivity contribution in [2.75, 3.05) is 13.2 Å². The Kier molecular flexibility index (Phi) is 7.20. The number of nitrogens with zero attached hydrogens (tertiary/aromatic N) is 1. The average molecular weight is 386 g/mol. The van der Waals surface area contributed by atoms with Crippen molar-refractivity contribution in [2.45, 2.75) is 57.7 Å². The number of ether oxygens (including phenoxy) is 1. The van der Waals surface area contributed by atoms with E-state index < -0.39 is 11.4 Å². The van der Waals surface area contributed by atoms with Gasteiger partial charge in [0.2, 0.25) is 0 Å². The van der Waals surface area contributed by atoms with E-state index in [9.17, 15) is 9.35 Å². The Hall–Kier alpha value is -0.750. The molecule has 0 spiro atoms. The molecule has 0 aliphatic carbocycles. The molecule has 1 fully saturated rings. The number of hydrogen-bond donors (Lipinski definition) is 0. The summed E-state index contributed by atoms with van der Waals surface area (Å²) in [6.45, 7) is 8.59. The first-order chi connectivity index (χ1) is 11.7. The number of rotatable bonds is 5. The number of benzene rings is 1. The molecule has 0 saturated carbocycles. The van der Waals surface area contributed by atoms with Crippen molar-refractivity contribution in [3.8, 4) is 0 Å². The van der Waals surface area contributed by atoms with Crippen LogP contribution in [-0.2, 0) is 27.3 Å². The van der Waals surface area contributed by atoms with E-state index in [2.05, 4.69) is 0 Å². The minimum absolute atomic E-state index is 0.145. The third kappa shape index (κ3) is 5.61. The minimum atomic E-state index is -1.17. The summed E-state index contributed by atoms with van der Waals surface area (Å²) in [6, 6.07) is 7.93. The molecule has 2 rings (SSSR count). The van der Waals surface area contributed by atoms with Crippen LogP contribution < -0.4 is 0 Å². The predicted octanol–water partition coefficient (Wildman–Crippen LogP) is 3.99. The van der Waals surface area contributed by atoms with Crippen molar-refractivity contribution >= 4 is 28.9 Å². The summed E-state index contributed by atoms with van der Waals surface area (Å²) in [4.78, 5) is 12.2. The van der Waals surface area contributed by atoms with Gasteiger partial charge in [0.25, 0.3) is 0 Å². The third-order valence-electron chi connectivity index (χ3n) is 4.40. The van der Waals surface area contributed by atoms with E-state index in [1.165, 1.54) is 5.56 Å². The fourth-order valence-electron chi connectivity index (χ4n) is 3.10. The fourth-order valence-corrected chi connectivity index (χ4v) is 4.69. The molecule has 1 saturated heterocycles. The summed E-state index contributed by atoms with van der Waals surface area (Å²) in [5, 5.41) is 0.713. The largest absolute Gasteiger partial charge is 0.597 e. The summed E-state index contributed by atoms with van der Waals surface area (Å²) in [6.07, 6.45) is 2.40. The fraction of sp³-hybridized carbons (Fsp3) is 0.632. The van der Waals surface area contributed by atoms with E-state index >= 15 is 0 Å². The monoisotopic (exact) mass is 385 g/mol. The molecule has 2 unspecified atom stereocenters. The number of hydrogen-bond acceptors (Lipinski definition) is 4. The molecule has 4 nitrogen and oxygen atoms in total. The van der Waals surface area contributed by atoms with Gasteiger partial charge in [0.05, 0.1) is 25.1 Å². The van der Waals surface area contributed by atoms with Crippen LogP contribution in [0.1, 0.15) is 46.1 Å². The Morgan fingerprint density at radius 1 is 1.32 bits per heavy atom. The van der Waals surface area contributed by atoms with Crippen LogP contribution in [0, 0.1) is 5.92 Å². The Labute approximate surface area is 159 Å². The maximum atomic E-state index is 13.1. The molecular weight excluding hydrogens is 358 g/mol. The smallest absolute Gasteiger partial charge is 0.310 e. The van der Waals surface area contributed by atoms with Gasteiger partial charge in [0.1, 0.15) is 4.75 Å². The van der Waals surface area contributed by atoms with Crippen LogP contribution in [-0.4, -0.2) is 38.8 Å². The average Bonchev–Trinajstić information content (AvgIpc) is 2.56. The van der Waals surface area contributed by atoms with E-state index in [1.54, 1.807) is 0 Å². The van der Waals surface area contributed by atoms with Gasteiger partial charge in [-0.15, -0.1) is 4.31 Å². The second-order valence-corrected chi connectivity index (χ2v) is 10.1. The highest BCUT2D eigenvalue weighted by Gasteiger charge is 2.43. The van der Waals surface area contributed by atoms with Crippen molar-refractivity contribution in [1.82, 2.24) is 4.31 Å². The molecule has 1 aromatic rings. The summed E-state index contributed by atoms with van der Waals surface area (Å²) in [5.74, 6) is -0.379. The molecule has 0 aromatic heterocycles. The van der Waals surface area contributed by atoms with Gasteiger partial charge in [-0.2, -0.15) is 0 Å².